The van der Waals surface area contributed by atoms with Crippen molar-refractivity contribution in [2.75, 3.05) is 24.3 Å². The van der Waals surface area contributed by atoms with Crippen molar-refractivity contribution in [3.05, 3.63) is 63.7 Å². The molecule has 0 unspecified atom stereocenters. The van der Waals surface area contributed by atoms with Crippen molar-refractivity contribution in [3.8, 4) is 0 Å². The average molecular weight is 285 g/mol. The highest BCUT2D eigenvalue weighted by atomic mass is 16.6. The lowest BCUT2D eigenvalue weighted by atomic mass is 10.1. The maximum Gasteiger partial charge on any atom is 0.292 e. The smallest absolute Gasteiger partial charge is 0.292 e. The highest BCUT2D eigenvalue weighted by Gasteiger charge is 2.12. The zero-order chi connectivity index (χ0) is 15.4. The Labute approximate surface area is 124 Å². The van der Waals surface area contributed by atoms with E-state index in [4.69, 9.17) is 0 Å². The van der Waals surface area contributed by atoms with Crippen LogP contribution in [0.15, 0.2) is 42.5 Å². The van der Waals surface area contributed by atoms with Gasteiger partial charge in [-0.15, -0.1) is 0 Å². The highest BCUT2D eigenvalue weighted by Crippen LogP contribution is 2.26. The number of aryl methyl sites for hydroxylation is 1. The van der Waals surface area contributed by atoms with E-state index in [0.29, 0.717) is 12.2 Å². The van der Waals surface area contributed by atoms with E-state index in [0.717, 1.165) is 16.8 Å². The van der Waals surface area contributed by atoms with Gasteiger partial charge in [-0.1, -0.05) is 18.2 Å². The van der Waals surface area contributed by atoms with Crippen LogP contribution in [-0.2, 0) is 6.54 Å². The van der Waals surface area contributed by atoms with Gasteiger partial charge in [-0.25, -0.2) is 0 Å². The molecule has 0 saturated heterocycles. The van der Waals surface area contributed by atoms with E-state index in [1.807, 2.05) is 50.2 Å². The Morgan fingerprint density at radius 2 is 1.81 bits per heavy atom. The van der Waals surface area contributed by atoms with Gasteiger partial charge < -0.3 is 10.2 Å². The first kappa shape index (κ1) is 14.8. The lowest BCUT2D eigenvalue weighted by molar-refractivity contribution is -0.384. The molecule has 0 spiro atoms. The molecule has 5 nitrogen and oxygen atoms in total. The first-order valence-electron chi connectivity index (χ1n) is 6.72. The number of hydrogen-bond donors (Lipinski definition) is 1. The summed E-state index contributed by atoms with van der Waals surface area (Å²) in [5, 5.41) is 14.2. The molecule has 0 fully saturated rings. The molecule has 0 atom stereocenters. The van der Waals surface area contributed by atoms with Crippen molar-refractivity contribution < 1.29 is 4.92 Å². The molecule has 1 N–H and O–H groups in total. The Morgan fingerprint density at radius 1 is 1.14 bits per heavy atom. The SMILES string of the molecule is Cc1ccc([N+](=O)[O-])c(NCc2ccc(N(C)C)cc2)c1. The molecule has 0 saturated carbocycles. The van der Waals surface area contributed by atoms with Crippen molar-refractivity contribution in [2.24, 2.45) is 0 Å². The maximum absolute atomic E-state index is 11.0. The van der Waals surface area contributed by atoms with Crippen LogP contribution in [0.25, 0.3) is 0 Å². The summed E-state index contributed by atoms with van der Waals surface area (Å²) in [4.78, 5) is 12.7. The van der Waals surface area contributed by atoms with Crippen LogP contribution in [0.3, 0.4) is 0 Å². The summed E-state index contributed by atoms with van der Waals surface area (Å²) in [6.45, 7) is 2.47. The lowest BCUT2D eigenvalue weighted by Gasteiger charge is -2.13. The topological polar surface area (TPSA) is 58.4 Å². The molecule has 0 radical (unpaired) electrons. The zero-order valence-corrected chi connectivity index (χ0v) is 12.5. The normalized spacial score (nSPS) is 10.2. The number of rotatable bonds is 5. The van der Waals surface area contributed by atoms with E-state index >= 15 is 0 Å². The van der Waals surface area contributed by atoms with Crippen LogP contribution in [0.1, 0.15) is 11.1 Å². The second-order valence-corrected chi connectivity index (χ2v) is 5.19. The third kappa shape index (κ3) is 3.72. The van der Waals surface area contributed by atoms with Crippen molar-refractivity contribution in [3.63, 3.8) is 0 Å². The van der Waals surface area contributed by atoms with Crippen LogP contribution in [0.2, 0.25) is 0 Å². The second-order valence-electron chi connectivity index (χ2n) is 5.19. The lowest BCUT2D eigenvalue weighted by Crippen LogP contribution is -2.08. The fraction of sp³-hybridized carbons (Fsp3) is 0.250. The molecular weight excluding hydrogens is 266 g/mol. The van der Waals surface area contributed by atoms with Crippen molar-refractivity contribution in [1.29, 1.82) is 0 Å². The van der Waals surface area contributed by atoms with Gasteiger partial charge in [0.2, 0.25) is 0 Å². The molecule has 21 heavy (non-hydrogen) atoms. The molecule has 5 heteroatoms. The summed E-state index contributed by atoms with van der Waals surface area (Å²) in [5.74, 6) is 0. The molecule has 0 aliphatic rings. The quantitative estimate of drug-likeness (QED) is 0.674. The van der Waals surface area contributed by atoms with Crippen LogP contribution in [0.5, 0.6) is 0 Å². The molecule has 0 heterocycles. The molecule has 0 aliphatic heterocycles. The average Bonchev–Trinajstić information content (AvgIpc) is 2.45. The van der Waals surface area contributed by atoms with Gasteiger partial charge >= 0.3 is 0 Å². The third-order valence-electron chi connectivity index (χ3n) is 3.28. The Hall–Kier alpha value is -2.56. The van der Waals surface area contributed by atoms with Crippen molar-refractivity contribution >= 4 is 17.1 Å². The Balaban J connectivity index is 2.12. The van der Waals surface area contributed by atoms with Crippen molar-refractivity contribution in [1.82, 2.24) is 0 Å². The minimum Gasteiger partial charge on any atom is -0.378 e. The predicted octanol–water partition coefficient (Wildman–Crippen LogP) is 3.58. The second kappa shape index (κ2) is 6.26. The first-order chi connectivity index (χ1) is 9.97. The summed E-state index contributed by atoms with van der Waals surface area (Å²) in [5.41, 5.74) is 3.85. The fourth-order valence-electron chi connectivity index (χ4n) is 2.06. The van der Waals surface area contributed by atoms with E-state index in [-0.39, 0.29) is 10.6 Å². The minimum atomic E-state index is -0.364. The van der Waals surface area contributed by atoms with E-state index in [2.05, 4.69) is 5.32 Å². The molecule has 2 aromatic carbocycles. The number of hydrogen-bond acceptors (Lipinski definition) is 4. The number of nitro groups is 1. The van der Waals surface area contributed by atoms with E-state index < -0.39 is 0 Å². The Kier molecular flexibility index (Phi) is 4.42. The summed E-state index contributed by atoms with van der Waals surface area (Å²) < 4.78 is 0. The number of anilines is 2. The van der Waals surface area contributed by atoms with E-state index in [9.17, 15) is 10.1 Å². The van der Waals surface area contributed by atoms with E-state index in [1.54, 1.807) is 12.1 Å². The van der Waals surface area contributed by atoms with Gasteiger partial charge in [0.05, 0.1) is 4.92 Å². The molecule has 0 aromatic heterocycles. The molecule has 2 rings (SSSR count). The summed E-state index contributed by atoms with van der Waals surface area (Å²) in [6, 6.07) is 13.2. The van der Waals surface area contributed by atoms with Crippen LogP contribution in [0, 0.1) is 17.0 Å². The summed E-state index contributed by atoms with van der Waals surface area (Å²) >= 11 is 0. The van der Waals surface area contributed by atoms with Crippen molar-refractivity contribution in [2.45, 2.75) is 13.5 Å². The van der Waals surface area contributed by atoms with Gasteiger partial charge in [0.15, 0.2) is 0 Å². The molecular formula is C16H19N3O2. The van der Waals surface area contributed by atoms with Gasteiger partial charge in [-0.2, -0.15) is 0 Å². The van der Waals surface area contributed by atoms with E-state index in [1.165, 1.54) is 6.07 Å². The molecule has 110 valence electrons. The Bertz CT molecular complexity index is 636. The monoisotopic (exact) mass is 285 g/mol. The highest BCUT2D eigenvalue weighted by molar-refractivity contribution is 5.62. The van der Waals surface area contributed by atoms with Crippen LogP contribution in [-0.4, -0.2) is 19.0 Å². The molecule has 0 bridgehead atoms. The van der Waals surface area contributed by atoms with Crippen LogP contribution >= 0.6 is 0 Å². The fourth-order valence-corrected chi connectivity index (χ4v) is 2.06. The largest absolute Gasteiger partial charge is 0.378 e. The van der Waals surface area contributed by atoms with Gasteiger partial charge in [-0.3, -0.25) is 10.1 Å². The first-order valence-corrected chi connectivity index (χ1v) is 6.72. The summed E-state index contributed by atoms with van der Waals surface area (Å²) in [7, 11) is 3.98. The van der Waals surface area contributed by atoms with Gasteiger partial charge in [0, 0.05) is 32.4 Å². The number of nitrogens with zero attached hydrogens (tertiary/aromatic N) is 2. The molecule has 0 amide bonds. The van der Waals surface area contributed by atoms with Crippen LogP contribution in [0.4, 0.5) is 17.1 Å². The zero-order valence-electron chi connectivity index (χ0n) is 12.5. The standard InChI is InChI=1S/C16H19N3O2/c1-12-4-9-16(19(20)21)15(10-12)17-11-13-5-7-14(8-6-13)18(2)3/h4-10,17H,11H2,1-3H3. The van der Waals surface area contributed by atoms with Crippen LogP contribution < -0.4 is 10.2 Å². The minimum absolute atomic E-state index is 0.102. The molecule has 0 aliphatic carbocycles. The number of benzene rings is 2. The molecule has 2 aromatic rings. The summed E-state index contributed by atoms with van der Waals surface area (Å²) in [6.07, 6.45) is 0. The number of nitro benzene ring substituents is 1. The van der Waals surface area contributed by atoms with Gasteiger partial charge in [0.1, 0.15) is 5.69 Å². The van der Waals surface area contributed by atoms with Gasteiger partial charge in [0.25, 0.3) is 5.69 Å². The van der Waals surface area contributed by atoms with Gasteiger partial charge in [-0.05, 0) is 36.2 Å². The third-order valence-corrected chi connectivity index (χ3v) is 3.28. The number of nitrogens with one attached hydrogen (secondary N) is 1. The Morgan fingerprint density at radius 3 is 2.38 bits per heavy atom. The predicted molar refractivity (Wildman–Crippen MR) is 85.9 cm³/mol. The maximum atomic E-state index is 11.0.